The average Bonchev–Trinajstić information content (AvgIpc) is 3.09. The van der Waals surface area contributed by atoms with Crippen molar-refractivity contribution in [1.29, 1.82) is 0 Å². The lowest BCUT2D eigenvalue weighted by Gasteiger charge is -2.16. The number of amides is 2. The van der Waals surface area contributed by atoms with Gasteiger partial charge in [0.25, 0.3) is 5.91 Å². The molecule has 6 aromatic rings. The van der Waals surface area contributed by atoms with Crippen LogP contribution in [0.3, 0.4) is 0 Å². The van der Waals surface area contributed by atoms with E-state index in [1.54, 1.807) is 0 Å². The first kappa shape index (κ1) is 33.7. The molecule has 6 aromatic carbocycles. The Balaban J connectivity index is 0.000000188. The Morgan fingerprint density at radius 1 is 0.604 bits per heavy atom. The number of carbonyl (C=O) groups is 2. The van der Waals surface area contributed by atoms with Crippen LogP contribution in [-0.2, 0) is 16.0 Å². The molecule has 0 radical (unpaired) electrons. The summed E-state index contributed by atoms with van der Waals surface area (Å²) in [6, 6.07) is 44.9. The van der Waals surface area contributed by atoms with E-state index in [4.69, 9.17) is 0 Å². The first-order chi connectivity index (χ1) is 23.3. The van der Waals surface area contributed by atoms with Gasteiger partial charge >= 0.3 is 0 Å². The van der Waals surface area contributed by atoms with Crippen molar-refractivity contribution in [3.05, 3.63) is 167 Å². The second-order valence-electron chi connectivity index (χ2n) is 12.2. The van der Waals surface area contributed by atoms with Crippen molar-refractivity contribution in [2.75, 3.05) is 0 Å². The SMILES string of the molecule is Cc1cccc(C#CC(=O)N[C@H](C)c2cccc3ccccc23)c1.Cc1cccc(CCC(=O)N[C@H](C)c2cccc3ccccc23)c1. The van der Waals surface area contributed by atoms with Crippen LogP contribution >= 0.6 is 0 Å². The first-order valence-electron chi connectivity index (χ1n) is 16.5. The van der Waals surface area contributed by atoms with E-state index in [-0.39, 0.29) is 23.9 Å². The number of fused-ring (bicyclic) bond motifs is 2. The van der Waals surface area contributed by atoms with Gasteiger partial charge in [-0.1, -0.05) is 133 Å². The second-order valence-corrected chi connectivity index (χ2v) is 12.2. The molecule has 0 aliphatic heterocycles. The number of benzene rings is 6. The van der Waals surface area contributed by atoms with E-state index < -0.39 is 0 Å². The van der Waals surface area contributed by atoms with Gasteiger partial charge in [-0.2, -0.15) is 0 Å². The monoisotopic (exact) mass is 630 g/mol. The topological polar surface area (TPSA) is 58.2 Å². The molecular formula is C44H42N2O2. The van der Waals surface area contributed by atoms with E-state index in [9.17, 15) is 9.59 Å². The van der Waals surface area contributed by atoms with Gasteiger partial charge in [0.2, 0.25) is 5.91 Å². The van der Waals surface area contributed by atoms with Crippen molar-refractivity contribution >= 4 is 33.4 Å². The van der Waals surface area contributed by atoms with Crippen molar-refractivity contribution < 1.29 is 9.59 Å². The van der Waals surface area contributed by atoms with E-state index in [1.165, 1.54) is 27.3 Å². The van der Waals surface area contributed by atoms with Crippen LogP contribution in [0, 0.1) is 25.7 Å². The maximum atomic E-state index is 12.3. The van der Waals surface area contributed by atoms with Gasteiger partial charge in [0.05, 0.1) is 12.1 Å². The van der Waals surface area contributed by atoms with Crippen LogP contribution in [-0.4, -0.2) is 11.8 Å². The maximum Gasteiger partial charge on any atom is 0.296 e. The van der Waals surface area contributed by atoms with Crippen LogP contribution in [0.15, 0.2) is 133 Å². The molecule has 2 atom stereocenters. The maximum absolute atomic E-state index is 12.3. The molecule has 2 amide bonds. The standard InChI is InChI=1S/C22H23NO.C22H19NO/c2*1-16-7-5-8-18(15-16)13-14-22(24)23-17(2)20-12-6-10-19-9-3-4-11-21(19)20/h3-12,15,17H,13-14H2,1-2H3,(H,23,24);3-12,15,17H,1-2H3,(H,23,24)/t2*17-/m11/s1. The smallest absolute Gasteiger partial charge is 0.296 e. The minimum atomic E-state index is -0.267. The molecule has 0 bridgehead atoms. The molecule has 0 saturated carbocycles. The summed E-state index contributed by atoms with van der Waals surface area (Å²) in [4.78, 5) is 24.4. The normalized spacial score (nSPS) is 11.8. The highest BCUT2D eigenvalue weighted by atomic mass is 16.2. The summed E-state index contributed by atoms with van der Waals surface area (Å²) >= 11 is 0. The summed E-state index contributed by atoms with van der Waals surface area (Å²) in [6.07, 6.45) is 1.29. The van der Waals surface area contributed by atoms with Crippen molar-refractivity contribution in [3.8, 4) is 11.8 Å². The summed E-state index contributed by atoms with van der Waals surface area (Å²) in [6.45, 7) is 8.11. The van der Waals surface area contributed by atoms with Crippen molar-refractivity contribution in [2.45, 2.75) is 52.6 Å². The Morgan fingerprint density at radius 2 is 1.12 bits per heavy atom. The van der Waals surface area contributed by atoms with Gasteiger partial charge in [-0.3, -0.25) is 9.59 Å². The summed E-state index contributed by atoms with van der Waals surface area (Å²) in [7, 11) is 0. The number of hydrogen-bond donors (Lipinski definition) is 2. The lowest BCUT2D eigenvalue weighted by molar-refractivity contribution is -0.121. The first-order valence-corrected chi connectivity index (χ1v) is 16.5. The molecule has 0 fully saturated rings. The van der Waals surface area contributed by atoms with Gasteiger partial charge in [0.1, 0.15) is 0 Å². The highest BCUT2D eigenvalue weighted by molar-refractivity contribution is 5.95. The Hall–Kier alpha value is -5.66. The van der Waals surface area contributed by atoms with Crippen molar-refractivity contribution in [2.24, 2.45) is 0 Å². The molecule has 0 saturated heterocycles. The van der Waals surface area contributed by atoms with Crippen LogP contribution < -0.4 is 10.6 Å². The lowest BCUT2D eigenvalue weighted by atomic mass is 9.99. The van der Waals surface area contributed by atoms with Crippen molar-refractivity contribution in [1.82, 2.24) is 10.6 Å². The summed E-state index contributed by atoms with van der Waals surface area (Å²) < 4.78 is 0. The van der Waals surface area contributed by atoms with E-state index in [0.717, 1.165) is 34.1 Å². The molecule has 48 heavy (non-hydrogen) atoms. The number of carbonyl (C=O) groups excluding carboxylic acids is 2. The molecule has 0 spiro atoms. The molecule has 0 heterocycles. The van der Waals surface area contributed by atoms with E-state index in [2.05, 4.69) is 90.1 Å². The summed E-state index contributed by atoms with van der Waals surface area (Å²) in [5, 5.41) is 10.8. The minimum Gasteiger partial charge on any atom is -0.350 e. The molecule has 0 aliphatic carbocycles. The zero-order valence-electron chi connectivity index (χ0n) is 28.1. The Kier molecular flexibility index (Phi) is 11.4. The van der Waals surface area contributed by atoms with Gasteiger partial charge in [-0.25, -0.2) is 0 Å². The van der Waals surface area contributed by atoms with Gasteiger partial charge in [0.15, 0.2) is 0 Å². The molecule has 0 unspecified atom stereocenters. The molecule has 6 rings (SSSR count). The minimum absolute atomic E-state index is 0.00103. The van der Waals surface area contributed by atoms with E-state index in [0.29, 0.717) is 6.42 Å². The Morgan fingerprint density at radius 3 is 1.73 bits per heavy atom. The van der Waals surface area contributed by atoms with Gasteiger partial charge in [-0.05, 0) is 90.0 Å². The second kappa shape index (κ2) is 16.3. The quantitative estimate of drug-likeness (QED) is 0.173. The zero-order valence-corrected chi connectivity index (χ0v) is 28.1. The fourth-order valence-electron chi connectivity index (χ4n) is 5.94. The largest absolute Gasteiger partial charge is 0.350 e. The molecule has 0 aromatic heterocycles. The molecule has 0 aliphatic rings. The van der Waals surface area contributed by atoms with E-state index in [1.807, 2.05) is 93.6 Å². The highest BCUT2D eigenvalue weighted by Crippen LogP contribution is 2.25. The highest BCUT2D eigenvalue weighted by Gasteiger charge is 2.13. The summed E-state index contributed by atoms with van der Waals surface area (Å²) in [5.74, 6) is 5.42. The molecule has 4 nitrogen and oxygen atoms in total. The van der Waals surface area contributed by atoms with Crippen LogP contribution in [0.5, 0.6) is 0 Å². The predicted molar refractivity (Wildman–Crippen MR) is 199 cm³/mol. The molecule has 4 heteroatoms. The predicted octanol–water partition coefficient (Wildman–Crippen LogP) is 9.34. The molecular weight excluding hydrogens is 588 g/mol. The average molecular weight is 631 g/mol. The fraction of sp³-hybridized carbons (Fsp3) is 0.182. The third-order valence-electron chi connectivity index (χ3n) is 8.37. The van der Waals surface area contributed by atoms with Crippen LogP contribution in [0.1, 0.15) is 65.7 Å². The van der Waals surface area contributed by atoms with Crippen molar-refractivity contribution in [3.63, 3.8) is 0 Å². The summed E-state index contributed by atoms with van der Waals surface area (Å²) in [5.41, 5.74) is 6.69. The van der Waals surface area contributed by atoms with Crippen LogP contribution in [0.4, 0.5) is 0 Å². The van der Waals surface area contributed by atoms with Crippen LogP contribution in [0.2, 0.25) is 0 Å². The third-order valence-corrected chi connectivity index (χ3v) is 8.37. The molecule has 240 valence electrons. The number of hydrogen-bond acceptors (Lipinski definition) is 2. The van der Waals surface area contributed by atoms with Gasteiger partial charge in [-0.15, -0.1) is 0 Å². The molecule has 2 N–H and O–H groups in total. The zero-order chi connectivity index (χ0) is 33.9. The Labute approximate surface area is 284 Å². The fourth-order valence-corrected chi connectivity index (χ4v) is 5.94. The number of nitrogens with one attached hydrogen (secondary N) is 2. The Bertz CT molecular complexity index is 2090. The number of rotatable bonds is 7. The lowest BCUT2D eigenvalue weighted by Crippen LogP contribution is -2.26. The number of aryl methyl sites for hydroxylation is 3. The van der Waals surface area contributed by atoms with Crippen LogP contribution in [0.25, 0.3) is 21.5 Å². The van der Waals surface area contributed by atoms with E-state index >= 15 is 0 Å². The van der Waals surface area contributed by atoms with Gasteiger partial charge in [0, 0.05) is 17.9 Å². The third kappa shape index (κ3) is 9.21. The van der Waals surface area contributed by atoms with Gasteiger partial charge < -0.3 is 10.6 Å².